The third kappa shape index (κ3) is 3.37. The van der Waals surface area contributed by atoms with Gasteiger partial charge in [-0.1, -0.05) is 13.8 Å². The smallest absolute Gasteiger partial charge is 0.307 e. The van der Waals surface area contributed by atoms with Crippen molar-refractivity contribution in [1.82, 2.24) is 9.97 Å². The molecule has 0 spiro atoms. The molecule has 0 bridgehead atoms. The summed E-state index contributed by atoms with van der Waals surface area (Å²) in [5.41, 5.74) is 3.06. The lowest BCUT2D eigenvalue weighted by molar-refractivity contribution is -0.136. The predicted octanol–water partition coefficient (Wildman–Crippen LogP) is 2.60. The Hall–Kier alpha value is -2.43. The Morgan fingerprint density at radius 3 is 2.00 bits per heavy atom. The van der Waals surface area contributed by atoms with Crippen molar-refractivity contribution in [3.63, 3.8) is 0 Å². The fourth-order valence-electron chi connectivity index (χ4n) is 2.26. The molecular weight excluding hydrogens is 268 g/mol. The number of carbonyl (C=O) groups is 1. The molecule has 110 valence electrons. The number of phenolic OH excluding ortho intramolecular Hbond substituents is 1. The molecule has 1 aromatic heterocycles. The number of hydrogen-bond donors (Lipinski definition) is 2. The Balaban J connectivity index is 2.54. The molecule has 21 heavy (non-hydrogen) atoms. The van der Waals surface area contributed by atoms with E-state index in [2.05, 4.69) is 9.97 Å². The number of carboxylic acids is 1. The first-order chi connectivity index (χ1) is 10.0. The monoisotopic (exact) mass is 286 g/mol. The number of aromatic nitrogens is 2. The topological polar surface area (TPSA) is 83.3 Å². The van der Waals surface area contributed by atoms with Crippen LogP contribution in [0.1, 0.15) is 30.8 Å². The van der Waals surface area contributed by atoms with Gasteiger partial charge in [0.2, 0.25) is 0 Å². The van der Waals surface area contributed by atoms with Crippen molar-refractivity contribution in [1.29, 1.82) is 0 Å². The van der Waals surface area contributed by atoms with Crippen molar-refractivity contribution >= 4 is 5.97 Å². The quantitative estimate of drug-likeness (QED) is 0.882. The zero-order valence-corrected chi connectivity index (χ0v) is 12.1. The Kier molecular flexibility index (Phi) is 4.52. The summed E-state index contributed by atoms with van der Waals surface area (Å²) in [5, 5.41) is 18.4. The normalized spacial score (nSPS) is 10.6. The molecule has 0 radical (unpaired) electrons. The van der Waals surface area contributed by atoms with Gasteiger partial charge in [-0.3, -0.25) is 4.79 Å². The SMILES string of the molecule is CCc1nc(-c2ccc(O)cc2)nc(CC)c1CC(=O)O. The largest absolute Gasteiger partial charge is 0.508 e. The van der Waals surface area contributed by atoms with Gasteiger partial charge in [-0.25, -0.2) is 9.97 Å². The Morgan fingerprint density at radius 1 is 1.05 bits per heavy atom. The Labute approximate surface area is 123 Å². The Morgan fingerprint density at radius 2 is 1.57 bits per heavy atom. The maximum absolute atomic E-state index is 11.0. The minimum Gasteiger partial charge on any atom is -0.508 e. The molecule has 2 rings (SSSR count). The van der Waals surface area contributed by atoms with E-state index in [-0.39, 0.29) is 12.2 Å². The van der Waals surface area contributed by atoms with Gasteiger partial charge < -0.3 is 10.2 Å². The maximum Gasteiger partial charge on any atom is 0.307 e. The van der Waals surface area contributed by atoms with Gasteiger partial charge in [0.05, 0.1) is 6.42 Å². The van der Waals surface area contributed by atoms with Crippen molar-refractivity contribution in [3.05, 3.63) is 41.2 Å². The van der Waals surface area contributed by atoms with E-state index < -0.39 is 5.97 Å². The van der Waals surface area contributed by atoms with Crippen LogP contribution in [0.2, 0.25) is 0 Å². The maximum atomic E-state index is 11.0. The molecule has 0 unspecified atom stereocenters. The molecule has 0 atom stereocenters. The number of benzene rings is 1. The molecule has 5 heteroatoms. The lowest BCUT2D eigenvalue weighted by atomic mass is 10.0. The predicted molar refractivity (Wildman–Crippen MR) is 79.2 cm³/mol. The summed E-state index contributed by atoms with van der Waals surface area (Å²) in [4.78, 5) is 20.0. The molecule has 0 aliphatic rings. The summed E-state index contributed by atoms with van der Waals surface area (Å²) in [7, 11) is 0. The van der Waals surface area contributed by atoms with Gasteiger partial charge in [0.25, 0.3) is 0 Å². The molecule has 1 aromatic carbocycles. The van der Waals surface area contributed by atoms with Gasteiger partial charge in [0, 0.05) is 22.5 Å². The second-order valence-corrected chi connectivity index (χ2v) is 4.74. The van der Waals surface area contributed by atoms with Crippen LogP contribution in [0.3, 0.4) is 0 Å². The van der Waals surface area contributed by atoms with E-state index in [0.717, 1.165) is 22.5 Å². The zero-order chi connectivity index (χ0) is 15.4. The molecule has 5 nitrogen and oxygen atoms in total. The minimum atomic E-state index is -0.875. The lowest BCUT2D eigenvalue weighted by Crippen LogP contribution is -2.11. The van der Waals surface area contributed by atoms with E-state index in [4.69, 9.17) is 5.11 Å². The van der Waals surface area contributed by atoms with E-state index in [1.54, 1.807) is 24.3 Å². The molecule has 0 amide bonds. The summed E-state index contributed by atoms with van der Waals surface area (Å²) in [6.07, 6.45) is 1.26. The molecule has 2 aromatic rings. The van der Waals surface area contributed by atoms with E-state index >= 15 is 0 Å². The number of nitrogens with zero attached hydrogens (tertiary/aromatic N) is 2. The van der Waals surface area contributed by atoms with Crippen LogP contribution >= 0.6 is 0 Å². The van der Waals surface area contributed by atoms with Crippen LogP contribution < -0.4 is 0 Å². The van der Waals surface area contributed by atoms with Gasteiger partial charge in [-0.05, 0) is 37.1 Å². The average Bonchev–Trinajstić information content (AvgIpc) is 2.47. The number of aromatic hydroxyl groups is 1. The van der Waals surface area contributed by atoms with Crippen LogP contribution in [0, 0.1) is 0 Å². The molecule has 0 fully saturated rings. The molecule has 0 aliphatic heterocycles. The highest BCUT2D eigenvalue weighted by atomic mass is 16.4. The van der Waals surface area contributed by atoms with Crippen molar-refractivity contribution in [3.8, 4) is 17.1 Å². The summed E-state index contributed by atoms with van der Waals surface area (Å²) >= 11 is 0. The molecule has 0 saturated carbocycles. The third-order valence-corrected chi connectivity index (χ3v) is 3.30. The number of hydrogen-bond acceptors (Lipinski definition) is 4. The van der Waals surface area contributed by atoms with Gasteiger partial charge >= 0.3 is 5.97 Å². The standard InChI is InChI=1S/C16H18N2O3/c1-3-13-12(9-15(20)21)14(4-2)18-16(17-13)10-5-7-11(19)8-6-10/h5-8,19H,3-4,9H2,1-2H3,(H,20,21). The van der Waals surface area contributed by atoms with Crippen molar-refractivity contribution in [2.45, 2.75) is 33.1 Å². The number of rotatable bonds is 5. The number of aryl methyl sites for hydroxylation is 2. The molecule has 1 heterocycles. The third-order valence-electron chi connectivity index (χ3n) is 3.30. The highest BCUT2D eigenvalue weighted by molar-refractivity contribution is 5.71. The lowest BCUT2D eigenvalue weighted by Gasteiger charge is -2.12. The first kappa shape index (κ1) is 15.0. The van der Waals surface area contributed by atoms with E-state index in [1.165, 1.54) is 0 Å². The number of aliphatic carboxylic acids is 1. The van der Waals surface area contributed by atoms with Gasteiger partial charge in [0.15, 0.2) is 5.82 Å². The number of phenols is 1. The fraction of sp³-hybridized carbons (Fsp3) is 0.312. The number of carboxylic acid groups (broad SMARTS) is 1. The first-order valence-corrected chi connectivity index (χ1v) is 6.95. The summed E-state index contributed by atoms with van der Waals surface area (Å²) < 4.78 is 0. The molecule has 0 saturated heterocycles. The van der Waals surface area contributed by atoms with E-state index in [1.807, 2.05) is 13.8 Å². The second kappa shape index (κ2) is 6.35. The highest BCUT2D eigenvalue weighted by Crippen LogP contribution is 2.22. The van der Waals surface area contributed by atoms with Crippen molar-refractivity contribution in [2.75, 3.05) is 0 Å². The fourth-order valence-corrected chi connectivity index (χ4v) is 2.26. The molecular formula is C16H18N2O3. The van der Waals surface area contributed by atoms with Gasteiger partial charge in [0.1, 0.15) is 5.75 Å². The van der Waals surface area contributed by atoms with Crippen LogP contribution in [-0.2, 0) is 24.1 Å². The van der Waals surface area contributed by atoms with Crippen molar-refractivity contribution in [2.24, 2.45) is 0 Å². The van der Waals surface area contributed by atoms with E-state index in [9.17, 15) is 9.90 Å². The molecule has 2 N–H and O–H groups in total. The van der Waals surface area contributed by atoms with Gasteiger partial charge in [-0.2, -0.15) is 0 Å². The first-order valence-electron chi connectivity index (χ1n) is 6.95. The highest BCUT2D eigenvalue weighted by Gasteiger charge is 2.15. The van der Waals surface area contributed by atoms with Gasteiger partial charge in [-0.15, -0.1) is 0 Å². The minimum absolute atomic E-state index is 0.0534. The summed E-state index contributed by atoms with van der Waals surface area (Å²) in [6, 6.07) is 6.67. The second-order valence-electron chi connectivity index (χ2n) is 4.74. The molecule has 0 aliphatic carbocycles. The zero-order valence-electron chi connectivity index (χ0n) is 12.1. The average molecular weight is 286 g/mol. The summed E-state index contributed by atoms with van der Waals surface area (Å²) in [6.45, 7) is 3.90. The van der Waals surface area contributed by atoms with Crippen LogP contribution in [0.15, 0.2) is 24.3 Å². The van der Waals surface area contributed by atoms with Crippen LogP contribution in [0.4, 0.5) is 0 Å². The Bertz CT molecular complexity index is 626. The van der Waals surface area contributed by atoms with Crippen LogP contribution in [-0.4, -0.2) is 26.2 Å². The van der Waals surface area contributed by atoms with Crippen LogP contribution in [0.25, 0.3) is 11.4 Å². The van der Waals surface area contributed by atoms with Crippen LogP contribution in [0.5, 0.6) is 5.75 Å². The summed E-state index contributed by atoms with van der Waals surface area (Å²) in [5.74, 6) is -0.120. The van der Waals surface area contributed by atoms with Crippen molar-refractivity contribution < 1.29 is 15.0 Å². The van der Waals surface area contributed by atoms with E-state index in [0.29, 0.717) is 18.7 Å².